The molecule has 1 aliphatic rings. The molecule has 0 bridgehead atoms. The topological polar surface area (TPSA) is 107 Å². The lowest BCUT2D eigenvalue weighted by Crippen LogP contribution is -2.44. The Morgan fingerprint density at radius 1 is 1.30 bits per heavy atom. The molecule has 3 rings (SSSR count). The number of pyridine rings is 1. The van der Waals surface area contributed by atoms with Crippen molar-refractivity contribution in [1.82, 2.24) is 19.9 Å². The van der Waals surface area contributed by atoms with Crippen LogP contribution in [0.2, 0.25) is 0 Å². The van der Waals surface area contributed by atoms with Crippen molar-refractivity contribution in [1.29, 1.82) is 0 Å². The van der Waals surface area contributed by atoms with E-state index in [-0.39, 0.29) is 29.2 Å². The minimum atomic E-state index is -0.520. The number of piperidine rings is 1. The third-order valence-corrected chi connectivity index (χ3v) is 4.14. The molecule has 1 N–H and O–H groups in total. The molecule has 1 fully saturated rings. The van der Waals surface area contributed by atoms with Gasteiger partial charge in [0, 0.05) is 32.0 Å². The van der Waals surface area contributed by atoms with Gasteiger partial charge in [-0.2, -0.15) is 0 Å². The fraction of sp³-hybridized carbons (Fsp3) is 0.556. The zero-order chi connectivity index (χ0) is 19.6. The van der Waals surface area contributed by atoms with Gasteiger partial charge in [-0.05, 0) is 20.8 Å². The van der Waals surface area contributed by atoms with Gasteiger partial charge in [0.15, 0.2) is 11.3 Å². The summed E-state index contributed by atoms with van der Waals surface area (Å²) in [4.78, 5) is 36.6. The van der Waals surface area contributed by atoms with E-state index >= 15 is 0 Å². The first kappa shape index (κ1) is 18.9. The largest absolute Gasteiger partial charge is 0.491 e. The average Bonchev–Trinajstić information content (AvgIpc) is 2.61. The van der Waals surface area contributed by atoms with Gasteiger partial charge in [0.2, 0.25) is 0 Å². The van der Waals surface area contributed by atoms with Gasteiger partial charge in [-0.1, -0.05) is 0 Å². The zero-order valence-corrected chi connectivity index (χ0v) is 15.9. The van der Waals surface area contributed by atoms with Gasteiger partial charge in [0.25, 0.3) is 11.4 Å². The van der Waals surface area contributed by atoms with Crippen molar-refractivity contribution in [2.75, 3.05) is 20.2 Å². The predicted octanol–water partition coefficient (Wildman–Crippen LogP) is 2.11. The third-order valence-electron chi connectivity index (χ3n) is 4.14. The highest BCUT2D eigenvalue weighted by molar-refractivity contribution is 5.75. The van der Waals surface area contributed by atoms with Crippen LogP contribution in [0.5, 0.6) is 11.6 Å². The molecule has 2 aromatic heterocycles. The Kier molecular flexibility index (Phi) is 5.20. The summed E-state index contributed by atoms with van der Waals surface area (Å²) in [6.45, 7) is 6.58. The molecular formula is C18H24N4O5. The first-order chi connectivity index (χ1) is 12.8. The van der Waals surface area contributed by atoms with Crippen LogP contribution < -0.4 is 15.0 Å². The second-order valence-electron chi connectivity index (χ2n) is 7.38. The fourth-order valence-electron chi connectivity index (χ4n) is 2.83. The Balaban J connectivity index is 1.69. The standard InChI is InChI=1S/C18H24N4O5/c1-18(2,3)27-17(24)22-7-5-11(6-8-22)26-16-13(25-4)9-12-14(21-16)15(23)20-10-19-12/h9-11H,5-8H2,1-4H3,(H,19,20,23). The minimum absolute atomic E-state index is 0.140. The summed E-state index contributed by atoms with van der Waals surface area (Å²) in [6.07, 6.45) is 2.12. The maximum Gasteiger partial charge on any atom is 0.410 e. The van der Waals surface area contributed by atoms with E-state index in [1.165, 1.54) is 13.4 Å². The van der Waals surface area contributed by atoms with Gasteiger partial charge >= 0.3 is 6.09 Å². The number of aromatic amines is 1. The number of likely N-dealkylation sites (tertiary alicyclic amines) is 1. The van der Waals surface area contributed by atoms with Crippen LogP contribution in [-0.2, 0) is 4.74 Å². The molecule has 146 valence electrons. The molecule has 9 heteroatoms. The molecule has 0 aromatic carbocycles. The van der Waals surface area contributed by atoms with Gasteiger partial charge < -0.3 is 24.1 Å². The van der Waals surface area contributed by atoms with E-state index in [0.717, 1.165) is 0 Å². The van der Waals surface area contributed by atoms with E-state index in [2.05, 4.69) is 15.0 Å². The summed E-state index contributed by atoms with van der Waals surface area (Å²) >= 11 is 0. The Labute approximate surface area is 156 Å². The summed E-state index contributed by atoms with van der Waals surface area (Å²) in [5.74, 6) is 0.661. The second-order valence-corrected chi connectivity index (χ2v) is 7.38. The number of rotatable bonds is 3. The summed E-state index contributed by atoms with van der Waals surface area (Å²) in [7, 11) is 1.51. The summed E-state index contributed by atoms with van der Waals surface area (Å²) in [5, 5.41) is 0. The van der Waals surface area contributed by atoms with Crippen molar-refractivity contribution >= 4 is 17.1 Å². The quantitative estimate of drug-likeness (QED) is 0.874. The Morgan fingerprint density at radius 2 is 2.00 bits per heavy atom. The van der Waals surface area contributed by atoms with Gasteiger partial charge in [0.1, 0.15) is 17.2 Å². The van der Waals surface area contributed by atoms with Crippen molar-refractivity contribution in [3.05, 3.63) is 22.7 Å². The van der Waals surface area contributed by atoms with E-state index in [1.807, 2.05) is 20.8 Å². The van der Waals surface area contributed by atoms with E-state index in [1.54, 1.807) is 11.0 Å². The van der Waals surface area contributed by atoms with Crippen molar-refractivity contribution in [3.63, 3.8) is 0 Å². The molecule has 1 amide bonds. The van der Waals surface area contributed by atoms with E-state index in [4.69, 9.17) is 14.2 Å². The van der Waals surface area contributed by atoms with Crippen LogP contribution in [0.4, 0.5) is 4.79 Å². The number of carbonyl (C=O) groups excluding carboxylic acids is 1. The maximum absolute atomic E-state index is 12.1. The number of H-pyrrole nitrogens is 1. The van der Waals surface area contributed by atoms with Crippen LogP contribution >= 0.6 is 0 Å². The number of methoxy groups -OCH3 is 1. The zero-order valence-electron chi connectivity index (χ0n) is 15.9. The van der Waals surface area contributed by atoms with Crippen LogP contribution in [-0.4, -0.2) is 57.8 Å². The molecule has 0 spiro atoms. The lowest BCUT2D eigenvalue weighted by molar-refractivity contribution is 0.0121. The van der Waals surface area contributed by atoms with Gasteiger partial charge in [-0.3, -0.25) is 4.79 Å². The Hall–Kier alpha value is -2.84. The molecule has 27 heavy (non-hydrogen) atoms. The molecule has 0 radical (unpaired) electrons. The molecule has 3 heterocycles. The minimum Gasteiger partial charge on any atom is -0.491 e. The first-order valence-electron chi connectivity index (χ1n) is 8.84. The molecule has 0 saturated carbocycles. The monoisotopic (exact) mass is 376 g/mol. The van der Waals surface area contributed by atoms with Crippen molar-refractivity contribution in [2.45, 2.75) is 45.3 Å². The van der Waals surface area contributed by atoms with Crippen LogP contribution in [0, 0.1) is 0 Å². The van der Waals surface area contributed by atoms with E-state index in [0.29, 0.717) is 37.2 Å². The molecule has 2 aromatic rings. The number of ether oxygens (including phenoxy) is 3. The number of amides is 1. The highest BCUT2D eigenvalue weighted by Crippen LogP contribution is 2.29. The molecule has 9 nitrogen and oxygen atoms in total. The fourth-order valence-corrected chi connectivity index (χ4v) is 2.83. The van der Waals surface area contributed by atoms with Crippen molar-refractivity contribution in [3.8, 4) is 11.6 Å². The van der Waals surface area contributed by atoms with Crippen molar-refractivity contribution < 1.29 is 19.0 Å². The molecule has 1 aliphatic heterocycles. The molecular weight excluding hydrogens is 352 g/mol. The third kappa shape index (κ3) is 4.47. The van der Waals surface area contributed by atoms with E-state index in [9.17, 15) is 9.59 Å². The predicted molar refractivity (Wildman–Crippen MR) is 98.2 cm³/mol. The number of aromatic nitrogens is 3. The summed E-state index contributed by atoms with van der Waals surface area (Å²) < 4.78 is 16.7. The van der Waals surface area contributed by atoms with E-state index < -0.39 is 5.60 Å². The lowest BCUT2D eigenvalue weighted by atomic mass is 10.1. The number of hydrogen-bond donors (Lipinski definition) is 1. The van der Waals surface area contributed by atoms with Gasteiger partial charge in [-0.15, -0.1) is 0 Å². The average molecular weight is 376 g/mol. The summed E-state index contributed by atoms with van der Waals surface area (Å²) in [6, 6.07) is 1.63. The van der Waals surface area contributed by atoms with Crippen LogP contribution in [0.25, 0.3) is 11.0 Å². The second kappa shape index (κ2) is 7.42. The molecule has 1 saturated heterocycles. The van der Waals surface area contributed by atoms with Crippen molar-refractivity contribution in [2.24, 2.45) is 0 Å². The van der Waals surface area contributed by atoms with Crippen LogP contribution in [0.1, 0.15) is 33.6 Å². The number of fused-ring (bicyclic) bond motifs is 1. The Morgan fingerprint density at radius 3 is 2.63 bits per heavy atom. The SMILES string of the molecule is COc1cc2nc[nH]c(=O)c2nc1OC1CCN(C(=O)OC(C)(C)C)CC1. The maximum atomic E-state index is 12.1. The first-order valence-corrected chi connectivity index (χ1v) is 8.84. The van der Waals surface area contributed by atoms with Crippen LogP contribution in [0.3, 0.4) is 0 Å². The van der Waals surface area contributed by atoms with Gasteiger partial charge in [-0.25, -0.2) is 14.8 Å². The van der Waals surface area contributed by atoms with Crippen LogP contribution in [0.15, 0.2) is 17.2 Å². The summed E-state index contributed by atoms with van der Waals surface area (Å²) in [5.41, 5.74) is -0.233. The normalized spacial score (nSPS) is 15.6. The highest BCUT2D eigenvalue weighted by Gasteiger charge is 2.28. The van der Waals surface area contributed by atoms with Gasteiger partial charge in [0.05, 0.1) is 13.4 Å². The number of hydrogen-bond acceptors (Lipinski definition) is 7. The molecule has 0 atom stereocenters. The smallest absolute Gasteiger partial charge is 0.410 e. The lowest BCUT2D eigenvalue weighted by Gasteiger charge is -2.33. The number of nitrogens with one attached hydrogen (secondary N) is 1. The number of nitrogens with zero attached hydrogens (tertiary/aromatic N) is 3. The highest BCUT2D eigenvalue weighted by atomic mass is 16.6. The molecule has 0 aliphatic carbocycles. The molecule has 0 unspecified atom stereocenters. The Bertz CT molecular complexity index is 881. The number of carbonyl (C=O) groups is 1.